The molecular weight excluding hydrogens is 645 g/mol. The maximum atomic E-state index is 6.70. The Morgan fingerprint density at radius 2 is 1.27 bits per heavy atom. The molecule has 240 valence electrons. The fourth-order valence-corrected chi connectivity index (χ4v) is 8.97. The third-order valence-electron chi connectivity index (χ3n) is 10.0. The van der Waals surface area contributed by atoms with E-state index in [0.29, 0.717) is 5.84 Å². The molecule has 0 aliphatic carbocycles. The van der Waals surface area contributed by atoms with Crippen molar-refractivity contribution in [1.29, 1.82) is 0 Å². The molecule has 0 radical (unpaired) electrons. The highest BCUT2D eigenvalue weighted by molar-refractivity contribution is 7.26. The maximum Gasteiger partial charge on any atom is 0.159 e. The number of fused-ring (bicyclic) bond motifs is 12. The number of thiophene rings is 1. The number of benzene rings is 7. The Balaban J connectivity index is 1.15. The Morgan fingerprint density at radius 3 is 2.10 bits per heavy atom. The quantitative estimate of drug-likeness (QED) is 0.202. The lowest BCUT2D eigenvalue weighted by Crippen LogP contribution is -2.33. The molecule has 6 heteroatoms. The monoisotopic (exact) mass is 672 g/mol. The first kappa shape index (κ1) is 28.3. The topological polar surface area (TPSA) is 54.8 Å². The molecule has 0 fully saturated rings. The van der Waals surface area contributed by atoms with Crippen molar-refractivity contribution in [2.45, 2.75) is 6.17 Å². The van der Waals surface area contributed by atoms with E-state index in [1.54, 1.807) is 0 Å². The van der Waals surface area contributed by atoms with Gasteiger partial charge in [-0.2, -0.15) is 0 Å². The lowest BCUT2D eigenvalue weighted by Gasteiger charge is -2.23. The number of furan rings is 1. The van der Waals surface area contributed by atoms with Crippen LogP contribution in [0.5, 0.6) is 0 Å². The number of hydrogen-bond acceptors (Lipinski definition) is 5. The van der Waals surface area contributed by atoms with Crippen LogP contribution in [-0.2, 0) is 0 Å². The van der Waals surface area contributed by atoms with Gasteiger partial charge < -0.3 is 14.3 Å². The van der Waals surface area contributed by atoms with Gasteiger partial charge in [0.05, 0.1) is 15.7 Å². The second-order valence-corrected chi connectivity index (χ2v) is 14.0. The average Bonchev–Trinajstić information content (AvgIpc) is 3.88. The molecule has 0 bridgehead atoms. The summed E-state index contributed by atoms with van der Waals surface area (Å²) in [6, 6.07) is 55.2. The molecule has 0 saturated carbocycles. The zero-order chi connectivity index (χ0) is 33.5. The van der Waals surface area contributed by atoms with Gasteiger partial charge in [-0.15, -0.1) is 11.3 Å². The van der Waals surface area contributed by atoms with E-state index in [4.69, 9.17) is 14.4 Å². The van der Waals surface area contributed by atoms with E-state index in [-0.39, 0.29) is 6.17 Å². The van der Waals surface area contributed by atoms with Crippen LogP contribution in [0.15, 0.2) is 172 Å². The SMILES string of the molecule is c1ccc(C2=NC(c3ccccc3)NC(c3ccc(-n4c5ccccc5c5c6c7ccccc7oc6c6sc7ccccc7c6c54)cc3)=N2)cc1. The molecule has 1 aliphatic heterocycles. The summed E-state index contributed by atoms with van der Waals surface area (Å²) in [7, 11) is 0. The van der Waals surface area contributed by atoms with Crippen LogP contribution in [0.4, 0.5) is 0 Å². The highest BCUT2D eigenvalue weighted by atomic mass is 32.1. The van der Waals surface area contributed by atoms with E-state index in [0.717, 1.165) is 50.3 Å². The van der Waals surface area contributed by atoms with E-state index in [2.05, 4.69) is 143 Å². The Hall–Kier alpha value is -6.50. The molecule has 51 heavy (non-hydrogen) atoms. The molecular formula is C45H28N4OS. The van der Waals surface area contributed by atoms with Crippen molar-refractivity contribution in [1.82, 2.24) is 9.88 Å². The number of amidine groups is 2. The smallest absolute Gasteiger partial charge is 0.159 e. The average molecular weight is 673 g/mol. The van der Waals surface area contributed by atoms with Crippen molar-refractivity contribution >= 4 is 86.9 Å². The number of nitrogens with zero attached hydrogens (tertiary/aromatic N) is 3. The molecule has 1 unspecified atom stereocenters. The van der Waals surface area contributed by atoms with E-state index in [9.17, 15) is 0 Å². The van der Waals surface area contributed by atoms with Crippen molar-refractivity contribution in [3.63, 3.8) is 0 Å². The van der Waals surface area contributed by atoms with E-state index in [1.165, 1.54) is 41.8 Å². The van der Waals surface area contributed by atoms with Gasteiger partial charge in [-0.25, -0.2) is 9.98 Å². The first-order valence-electron chi connectivity index (χ1n) is 17.1. The fraction of sp³-hybridized carbons (Fsp3) is 0.0222. The van der Waals surface area contributed by atoms with Crippen LogP contribution in [0.3, 0.4) is 0 Å². The highest BCUT2D eigenvalue weighted by Gasteiger charge is 2.26. The van der Waals surface area contributed by atoms with Crippen LogP contribution in [0, 0.1) is 0 Å². The Kier molecular flexibility index (Phi) is 6.12. The molecule has 1 N–H and O–H groups in total. The van der Waals surface area contributed by atoms with Crippen molar-refractivity contribution < 1.29 is 4.42 Å². The normalized spacial score (nSPS) is 14.9. The summed E-state index contributed by atoms with van der Waals surface area (Å²) in [5, 5.41) is 10.8. The molecule has 4 heterocycles. The number of rotatable bonds is 4. The molecule has 1 aliphatic rings. The van der Waals surface area contributed by atoms with E-state index >= 15 is 0 Å². The van der Waals surface area contributed by atoms with Gasteiger partial charge >= 0.3 is 0 Å². The summed E-state index contributed by atoms with van der Waals surface area (Å²) < 4.78 is 11.6. The number of aromatic nitrogens is 1. The van der Waals surface area contributed by atoms with E-state index in [1.807, 2.05) is 35.6 Å². The van der Waals surface area contributed by atoms with Crippen molar-refractivity contribution in [3.8, 4) is 5.69 Å². The number of aliphatic imine (C=N–C) groups is 2. The molecule has 1 atom stereocenters. The largest absolute Gasteiger partial charge is 0.455 e. The molecule has 7 aromatic carbocycles. The van der Waals surface area contributed by atoms with Gasteiger partial charge in [-0.1, -0.05) is 115 Å². The molecule has 0 saturated heterocycles. The molecule has 0 amide bonds. The van der Waals surface area contributed by atoms with Gasteiger partial charge in [0, 0.05) is 53.8 Å². The minimum Gasteiger partial charge on any atom is -0.455 e. The molecule has 3 aromatic heterocycles. The van der Waals surface area contributed by atoms with Gasteiger partial charge in [0.25, 0.3) is 0 Å². The van der Waals surface area contributed by atoms with Crippen LogP contribution < -0.4 is 5.32 Å². The fourth-order valence-electron chi connectivity index (χ4n) is 7.78. The van der Waals surface area contributed by atoms with Crippen LogP contribution in [0.25, 0.3) is 69.6 Å². The minimum atomic E-state index is -0.252. The summed E-state index contributed by atoms with van der Waals surface area (Å²) in [5.41, 5.74) is 8.39. The van der Waals surface area contributed by atoms with Gasteiger partial charge in [0.15, 0.2) is 11.4 Å². The standard InChI is InChI=1S/C45H28N4OS/c1-3-13-27(14-4-1)43-46-44(28-15-5-2-6-16-28)48-45(47-43)29-23-25-30(26-24-29)49-34-20-10-7-17-31(34)37-38-32-18-8-11-21-35(32)50-41(38)42-39(40(37)49)33-19-9-12-22-36(33)51-42/h1-26,43H,(H,46,47,48). The molecule has 0 spiro atoms. The maximum absolute atomic E-state index is 6.70. The summed E-state index contributed by atoms with van der Waals surface area (Å²) in [5.74, 6) is 1.51. The zero-order valence-corrected chi connectivity index (χ0v) is 28.1. The van der Waals surface area contributed by atoms with Crippen molar-refractivity contribution in [2.24, 2.45) is 9.98 Å². The summed E-state index contributed by atoms with van der Waals surface area (Å²) in [6.45, 7) is 0. The first-order valence-corrected chi connectivity index (χ1v) is 17.9. The molecule has 11 rings (SSSR count). The van der Waals surface area contributed by atoms with Gasteiger partial charge in [0.2, 0.25) is 0 Å². The second kappa shape index (κ2) is 11.0. The molecule has 5 nitrogen and oxygen atoms in total. The summed E-state index contributed by atoms with van der Waals surface area (Å²) in [4.78, 5) is 10.1. The lowest BCUT2D eigenvalue weighted by atomic mass is 10.0. The van der Waals surface area contributed by atoms with Crippen molar-refractivity contribution in [2.75, 3.05) is 0 Å². The Morgan fingerprint density at radius 1 is 0.588 bits per heavy atom. The van der Waals surface area contributed by atoms with Crippen LogP contribution in [0.2, 0.25) is 0 Å². The second-order valence-electron chi connectivity index (χ2n) is 13.0. The van der Waals surface area contributed by atoms with Gasteiger partial charge in [0.1, 0.15) is 17.6 Å². The van der Waals surface area contributed by atoms with Crippen molar-refractivity contribution in [3.05, 3.63) is 174 Å². The predicted molar refractivity (Wildman–Crippen MR) is 213 cm³/mol. The van der Waals surface area contributed by atoms with Gasteiger partial charge in [-0.05, 0) is 48.0 Å². The Labute approximate surface area is 296 Å². The zero-order valence-electron chi connectivity index (χ0n) is 27.2. The first-order chi connectivity index (χ1) is 25.3. The van der Waals surface area contributed by atoms with Crippen LogP contribution in [0.1, 0.15) is 22.9 Å². The van der Waals surface area contributed by atoms with Crippen LogP contribution in [-0.4, -0.2) is 16.2 Å². The van der Waals surface area contributed by atoms with Gasteiger partial charge in [-0.3, -0.25) is 0 Å². The number of para-hydroxylation sites is 2. The summed E-state index contributed by atoms with van der Waals surface area (Å²) >= 11 is 1.81. The summed E-state index contributed by atoms with van der Waals surface area (Å²) in [6.07, 6.45) is -0.252. The van der Waals surface area contributed by atoms with Crippen LogP contribution >= 0.6 is 11.3 Å². The predicted octanol–water partition coefficient (Wildman–Crippen LogP) is 11.5. The molecule has 10 aromatic rings. The Bertz CT molecular complexity index is 3040. The van der Waals surface area contributed by atoms with E-state index < -0.39 is 0 Å². The minimum absolute atomic E-state index is 0.252. The third-order valence-corrected chi connectivity index (χ3v) is 11.2. The lowest BCUT2D eigenvalue weighted by molar-refractivity contribution is 0.673. The number of hydrogen-bond donors (Lipinski definition) is 1. The highest BCUT2D eigenvalue weighted by Crippen LogP contribution is 2.50. The third kappa shape index (κ3) is 4.27. The number of nitrogens with one attached hydrogen (secondary N) is 1.